The Balaban J connectivity index is 3.02. The molecule has 0 atom stereocenters. The Morgan fingerprint density at radius 2 is 2.07 bits per heavy atom. The van der Waals surface area contributed by atoms with Crippen molar-refractivity contribution in [2.45, 2.75) is 12.9 Å². The highest BCUT2D eigenvalue weighted by molar-refractivity contribution is 5.31. The smallest absolute Gasteiger partial charge is 0.405 e. The molecule has 1 aromatic heterocycles. The summed E-state index contributed by atoms with van der Waals surface area (Å²) in [6.07, 6.45) is -3.99. The summed E-state index contributed by atoms with van der Waals surface area (Å²) in [6.45, 7) is -0.412. The Labute approximate surface area is 76.5 Å². The molecule has 0 saturated heterocycles. The summed E-state index contributed by atoms with van der Waals surface area (Å²) in [5.74, 6) is -1.72. The van der Waals surface area contributed by atoms with Gasteiger partial charge < -0.3 is 10.5 Å². The molecule has 1 heterocycles. The van der Waals surface area contributed by atoms with E-state index in [2.05, 4.69) is 9.72 Å². The summed E-state index contributed by atoms with van der Waals surface area (Å²) in [5.41, 5.74) is 4.64. The summed E-state index contributed by atoms with van der Waals surface area (Å²) >= 11 is 0. The molecule has 0 spiro atoms. The van der Waals surface area contributed by atoms with Crippen LogP contribution in [0.2, 0.25) is 0 Å². The zero-order chi connectivity index (χ0) is 10.8. The number of alkyl halides is 3. The molecule has 78 valence electrons. The number of halogens is 4. The minimum atomic E-state index is -4.86. The van der Waals surface area contributed by atoms with Gasteiger partial charge in [0.2, 0.25) is 5.95 Å². The van der Waals surface area contributed by atoms with Crippen molar-refractivity contribution in [3.8, 4) is 5.75 Å². The maximum atomic E-state index is 12.8. The van der Waals surface area contributed by atoms with Crippen LogP contribution in [0.5, 0.6) is 5.75 Å². The van der Waals surface area contributed by atoms with Crippen LogP contribution in [-0.4, -0.2) is 11.3 Å². The van der Waals surface area contributed by atoms with E-state index in [1.54, 1.807) is 0 Å². The van der Waals surface area contributed by atoms with Crippen molar-refractivity contribution in [1.29, 1.82) is 0 Å². The fourth-order valence-corrected chi connectivity index (χ4v) is 0.856. The Hall–Kier alpha value is -1.37. The van der Waals surface area contributed by atoms with Crippen molar-refractivity contribution in [2.75, 3.05) is 0 Å². The largest absolute Gasteiger partial charge is 0.573 e. The van der Waals surface area contributed by atoms with Crippen LogP contribution in [0.1, 0.15) is 5.56 Å². The van der Waals surface area contributed by atoms with E-state index in [-0.39, 0.29) is 0 Å². The van der Waals surface area contributed by atoms with Crippen LogP contribution in [0.15, 0.2) is 12.3 Å². The molecule has 3 nitrogen and oxygen atoms in total. The van der Waals surface area contributed by atoms with Crippen LogP contribution in [0, 0.1) is 5.95 Å². The van der Waals surface area contributed by atoms with E-state index in [0.717, 1.165) is 12.3 Å². The van der Waals surface area contributed by atoms with Crippen molar-refractivity contribution < 1.29 is 22.3 Å². The second kappa shape index (κ2) is 3.79. The van der Waals surface area contributed by atoms with Crippen LogP contribution in [-0.2, 0) is 6.54 Å². The maximum absolute atomic E-state index is 12.8. The monoisotopic (exact) mass is 210 g/mol. The van der Waals surface area contributed by atoms with E-state index in [1.165, 1.54) is 0 Å². The number of hydrogen-bond acceptors (Lipinski definition) is 3. The predicted octanol–water partition coefficient (Wildman–Crippen LogP) is 1.58. The summed E-state index contributed by atoms with van der Waals surface area (Å²) < 4.78 is 51.7. The average molecular weight is 210 g/mol. The molecule has 0 unspecified atom stereocenters. The maximum Gasteiger partial charge on any atom is 0.573 e. The Morgan fingerprint density at radius 1 is 1.43 bits per heavy atom. The van der Waals surface area contributed by atoms with Gasteiger partial charge in [-0.1, -0.05) is 0 Å². The van der Waals surface area contributed by atoms with Gasteiger partial charge >= 0.3 is 6.36 Å². The standard InChI is InChI=1S/C7H6F4N2O/c8-6-4(3-12)5(1-2-13-6)14-7(9,10)11/h1-2H,3,12H2. The van der Waals surface area contributed by atoms with Crippen LogP contribution in [0.4, 0.5) is 17.6 Å². The van der Waals surface area contributed by atoms with Gasteiger partial charge in [-0.25, -0.2) is 4.98 Å². The van der Waals surface area contributed by atoms with Crippen molar-refractivity contribution in [2.24, 2.45) is 5.73 Å². The van der Waals surface area contributed by atoms with Gasteiger partial charge in [0.15, 0.2) is 0 Å². The van der Waals surface area contributed by atoms with Crippen molar-refractivity contribution in [1.82, 2.24) is 4.98 Å². The van der Waals surface area contributed by atoms with Gasteiger partial charge in [0.1, 0.15) is 5.75 Å². The van der Waals surface area contributed by atoms with Gasteiger partial charge in [-0.2, -0.15) is 4.39 Å². The molecule has 0 aliphatic rings. The van der Waals surface area contributed by atoms with Gasteiger partial charge in [-0.3, -0.25) is 0 Å². The molecule has 7 heteroatoms. The van der Waals surface area contributed by atoms with Crippen molar-refractivity contribution in [3.05, 3.63) is 23.8 Å². The zero-order valence-corrected chi connectivity index (χ0v) is 6.81. The summed E-state index contributed by atoms with van der Waals surface area (Å²) in [4.78, 5) is 3.15. The lowest BCUT2D eigenvalue weighted by Gasteiger charge is -2.11. The molecule has 1 aromatic rings. The van der Waals surface area contributed by atoms with Crippen molar-refractivity contribution in [3.63, 3.8) is 0 Å². The lowest BCUT2D eigenvalue weighted by molar-refractivity contribution is -0.275. The molecule has 0 aromatic carbocycles. The SMILES string of the molecule is NCc1c(OC(F)(F)F)ccnc1F. The number of ether oxygens (including phenoxy) is 1. The van der Waals surface area contributed by atoms with Crippen LogP contribution >= 0.6 is 0 Å². The normalized spacial score (nSPS) is 11.5. The van der Waals surface area contributed by atoms with Gasteiger partial charge in [0.25, 0.3) is 0 Å². The highest BCUT2D eigenvalue weighted by Gasteiger charge is 2.32. The third-order valence-electron chi connectivity index (χ3n) is 1.39. The molecular weight excluding hydrogens is 204 g/mol. The highest BCUT2D eigenvalue weighted by Crippen LogP contribution is 2.26. The Kier molecular flexibility index (Phi) is 2.90. The van der Waals surface area contributed by atoms with Gasteiger partial charge in [-0.15, -0.1) is 13.2 Å². The molecule has 1 rings (SSSR count). The van der Waals surface area contributed by atoms with E-state index in [4.69, 9.17) is 5.73 Å². The fraction of sp³-hybridized carbons (Fsp3) is 0.286. The van der Waals surface area contributed by atoms with E-state index in [1.807, 2.05) is 0 Å². The van der Waals surface area contributed by atoms with Crippen LogP contribution in [0.25, 0.3) is 0 Å². The first kappa shape index (κ1) is 10.7. The van der Waals surface area contributed by atoms with Crippen LogP contribution < -0.4 is 10.5 Å². The first-order chi connectivity index (χ1) is 6.44. The quantitative estimate of drug-likeness (QED) is 0.595. The molecule has 0 fully saturated rings. The molecular formula is C7H6F4N2O. The van der Waals surface area contributed by atoms with E-state index < -0.39 is 30.2 Å². The Bertz CT molecular complexity index is 326. The molecule has 0 aliphatic carbocycles. The van der Waals surface area contributed by atoms with Gasteiger partial charge in [-0.05, 0) is 6.07 Å². The molecule has 0 radical (unpaired) electrons. The number of rotatable bonds is 2. The lowest BCUT2D eigenvalue weighted by atomic mass is 10.2. The topological polar surface area (TPSA) is 48.1 Å². The Morgan fingerprint density at radius 3 is 2.57 bits per heavy atom. The third-order valence-corrected chi connectivity index (χ3v) is 1.39. The minimum Gasteiger partial charge on any atom is -0.405 e. The minimum absolute atomic E-state index is 0.398. The van der Waals surface area contributed by atoms with Crippen LogP contribution in [0.3, 0.4) is 0 Å². The molecule has 0 saturated carbocycles. The second-order valence-corrected chi connectivity index (χ2v) is 2.33. The van der Waals surface area contributed by atoms with Gasteiger partial charge in [0, 0.05) is 12.7 Å². The molecule has 0 aliphatic heterocycles. The van der Waals surface area contributed by atoms with Crippen molar-refractivity contribution >= 4 is 0 Å². The second-order valence-electron chi connectivity index (χ2n) is 2.33. The predicted molar refractivity (Wildman–Crippen MR) is 38.8 cm³/mol. The summed E-state index contributed by atoms with van der Waals surface area (Å²) in [6, 6.07) is 0.902. The number of nitrogens with zero attached hydrogens (tertiary/aromatic N) is 1. The number of aromatic nitrogens is 1. The fourth-order valence-electron chi connectivity index (χ4n) is 0.856. The van der Waals surface area contributed by atoms with Gasteiger partial charge in [0.05, 0.1) is 5.56 Å². The van der Waals surface area contributed by atoms with E-state index in [0.29, 0.717) is 0 Å². The molecule has 14 heavy (non-hydrogen) atoms. The number of hydrogen-bond donors (Lipinski definition) is 1. The first-order valence-electron chi connectivity index (χ1n) is 3.53. The lowest BCUT2D eigenvalue weighted by Crippen LogP contribution is -2.19. The molecule has 0 bridgehead atoms. The zero-order valence-electron chi connectivity index (χ0n) is 6.81. The molecule has 0 amide bonds. The number of pyridine rings is 1. The molecule has 2 N–H and O–H groups in total. The third kappa shape index (κ3) is 2.56. The summed E-state index contributed by atoms with van der Waals surface area (Å²) in [7, 11) is 0. The first-order valence-corrected chi connectivity index (χ1v) is 3.53. The number of nitrogens with two attached hydrogens (primary N) is 1. The highest BCUT2D eigenvalue weighted by atomic mass is 19.4. The average Bonchev–Trinajstić information content (AvgIpc) is 2.01. The van der Waals surface area contributed by atoms with E-state index in [9.17, 15) is 17.6 Å². The van der Waals surface area contributed by atoms with E-state index >= 15 is 0 Å². The summed E-state index contributed by atoms with van der Waals surface area (Å²) in [5, 5.41) is 0.